The second-order valence-corrected chi connectivity index (χ2v) is 14.8. The molecule has 0 spiro atoms. The summed E-state index contributed by atoms with van der Waals surface area (Å²) in [4.78, 5) is 35.8. The highest BCUT2D eigenvalue weighted by Gasteiger charge is 2.51. The number of fused-ring (bicyclic) bond motifs is 1. The number of piperidine rings is 1. The lowest BCUT2D eigenvalue weighted by molar-refractivity contribution is -0.284. The van der Waals surface area contributed by atoms with Crippen molar-refractivity contribution in [2.24, 2.45) is 5.92 Å². The Morgan fingerprint density at radius 3 is 2.29 bits per heavy atom. The van der Waals surface area contributed by atoms with E-state index in [1.165, 1.54) is 0 Å². The molecular formula is C21H33NO8Si. The first-order chi connectivity index (χ1) is 14.4. The number of amides is 2. The molecule has 3 aliphatic heterocycles. The molecule has 3 fully saturated rings. The van der Waals surface area contributed by atoms with Crippen LogP contribution >= 0.6 is 0 Å². The smallest absolute Gasteiger partial charge is 0.428 e. The maximum Gasteiger partial charge on any atom is 0.509 e. The zero-order valence-corrected chi connectivity index (χ0v) is 19.9. The Balaban J connectivity index is 1.66. The van der Waals surface area contributed by atoms with E-state index >= 15 is 0 Å². The molecule has 0 bridgehead atoms. The first-order valence-electron chi connectivity index (χ1n) is 10.6. The van der Waals surface area contributed by atoms with Crippen LogP contribution in [0.2, 0.25) is 18.1 Å². The normalized spacial score (nSPS) is 30.2. The molecule has 31 heavy (non-hydrogen) atoms. The van der Waals surface area contributed by atoms with Crippen molar-refractivity contribution >= 4 is 26.3 Å². The Kier molecular flexibility index (Phi) is 6.95. The molecule has 0 radical (unpaired) electrons. The van der Waals surface area contributed by atoms with Crippen molar-refractivity contribution < 1.29 is 37.8 Å². The maximum atomic E-state index is 12.2. The quantitative estimate of drug-likeness (QED) is 0.282. The summed E-state index contributed by atoms with van der Waals surface area (Å²) < 4.78 is 28.4. The number of cyclic esters (lactones) is 1. The molecule has 9 nitrogen and oxygen atoms in total. The van der Waals surface area contributed by atoms with Gasteiger partial charge in [0.1, 0.15) is 25.1 Å². The van der Waals surface area contributed by atoms with Crippen LogP contribution in [0, 0.1) is 5.92 Å². The molecule has 3 heterocycles. The minimum absolute atomic E-state index is 0.0392. The van der Waals surface area contributed by atoms with Crippen molar-refractivity contribution in [3.63, 3.8) is 0 Å². The van der Waals surface area contributed by atoms with Crippen LogP contribution in [0.25, 0.3) is 0 Å². The third kappa shape index (κ3) is 5.54. The lowest BCUT2D eigenvalue weighted by atomic mass is 9.84. The highest BCUT2D eigenvalue weighted by atomic mass is 28.4. The summed E-state index contributed by atoms with van der Waals surface area (Å²) in [5, 5.41) is 2.36. The molecule has 3 aliphatic rings. The van der Waals surface area contributed by atoms with Crippen LogP contribution in [0.1, 0.15) is 40.0 Å². The third-order valence-corrected chi connectivity index (χ3v) is 11.1. The fourth-order valence-electron chi connectivity index (χ4n) is 3.80. The fraction of sp³-hybridized carbons (Fsp3) is 0.762. The van der Waals surface area contributed by atoms with E-state index in [2.05, 4.69) is 45.8 Å². The molecule has 0 aliphatic carbocycles. The molecule has 0 aromatic rings. The number of ether oxygens (including phenoxy) is 4. The Morgan fingerprint density at radius 2 is 1.68 bits per heavy atom. The van der Waals surface area contributed by atoms with E-state index in [-0.39, 0.29) is 36.5 Å². The van der Waals surface area contributed by atoms with E-state index in [4.69, 9.17) is 23.4 Å². The molecule has 0 aromatic heterocycles. The van der Waals surface area contributed by atoms with E-state index in [1.807, 2.05) is 0 Å². The van der Waals surface area contributed by atoms with Crippen LogP contribution in [-0.4, -0.2) is 64.1 Å². The highest BCUT2D eigenvalue weighted by molar-refractivity contribution is 6.74. The van der Waals surface area contributed by atoms with E-state index < -0.39 is 44.8 Å². The maximum absolute atomic E-state index is 12.2. The number of nitrogens with one attached hydrogen (secondary N) is 1. The molecule has 0 saturated carbocycles. The monoisotopic (exact) mass is 455 g/mol. The summed E-state index contributed by atoms with van der Waals surface area (Å²) >= 11 is 0. The highest BCUT2D eigenvalue weighted by Crippen LogP contribution is 2.38. The predicted octanol–water partition coefficient (Wildman–Crippen LogP) is 2.65. The second-order valence-electron chi connectivity index (χ2n) is 10.0. The zero-order chi connectivity index (χ0) is 23.0. The van der Waals surface area contributed by atoms with Gasteiger partial charge in [-0.1, -0.05) is 27.4 Å². The van der Waals surface area contributed by atoms with Gasteiger partial charge >= 0.3 is 6.16 Å². The Hall–Kier alpha value is -1.75. The molecular weight excluding hydrogens is 422 g/mol. The van der Waals surface area contributed by atoms with E-state index in [1.54, 1.807) is 0 Å². The van der Waals surface area contributed by atoms with Crippen LogP contribution in [0.5, 0.6) is 0 Å². The van der Waals surface area contributed by atoms with Crippen LogP contribution in [-0.2, 0) is 33.0 Å². The Labute approximate surface area is 183 Å². The van der Waals surface area contributed by atoms with Crippen LogP contribution < -0.4 is 5.32 Å². The van der Waals surface area contributed by atoms with Crippen molar-refractivity contribution in [2.75, 3.05) is 13.4 Å². The Bertz CT molecular complexity index is 730. The topological polar surface area (TPSA) is 109 Å². The third-order valence-electron chi connectivity index (χ3n) is 6.59. The zero-order valence-electron chi connectivity index (χ0n) is 18.9. The van der Waals surface area contributed by atoms with Crippen LogP contribution in [0.15, 0.2) is 12.2 Å². The van der Waals surface area contributed by atoms with Gasteiger partial charge in [-0.25, -0.2) is 4.79 Å². The number of hydrogen-bond acceptors (Lipinski definition) is 8. The predicted molar refractivity (Wildman–Crippen MR) is 113 cm³/mol. The standard InChI is InChI=1S/C21H33NO8Si/c1-12(10-28-31(5,6)21(2,3)4)7-14-18-19(30-20(25)29-14)17(26-11-27-18)13-8-15(23)22-16(24)9-13/h13-14,17-19H,1,7-11H2,2-6H3,(H,22,23,24)/t14-,17-,18+,19+/m0/s1. The summed E-state index contributed by atoms with van der Waals surface area (Å²) in [6, 6.07) is 0. The van der Waals surface area contributed by atoms with Gasteiger partial charge in [-0.3, -0.25) is 14.9 Å². The van der Waals surface area contributed by atoms with Gasteiger partial charge in [0.15, 0.2) is 14.4 Å². The molecule has 0 aromatic carbocycles. The minimum atomic E-state index is -1.94. The molecule has 2 amide bonds. The molecule has 1 N–H and O–H groups in total. The molecule has 10 heteroatoms. The minimum Gasteiger partial charge on any atom is -0.428 e. The number of rotatable bonds is 6. The lowest BCUT2D eigenvalue weighted by Crippen LogP contribution is -2.61. The van der Waals surface area contributed by atoms with Crippen LogP contribution in [0.3, 0.4) is 0 Å². The Morgan fingerprint density at radius 1 is 1.06 bits per heavy atom. The van der Waals surface area contributed by atoms with Gasteiger partial charge in [0.2, 0.25) is 11.8 Å². The van der Waals surface area contributed by atoms with E-state index in [0.29, 0.717) is 13.0 Å². The second kappa shape index (κ2) is 9.01. The number of carbonyl (C=O) groups is 3. The number of carbonyl (C=O) groups excluding carboxylic acids is 3. The summed E-state index contributed by atoms with van der Waals surface area (Å²) in [7, 11) is -1.94. The fourth-order valence-corrected chi connectivity index (χ4v) is 4.80. The lowest BCUT2D eigenvalue weighted by Gasteiger charge is -2.46. The summed E-state index contributed by atoms with van der Waals surface area (Å²) in [5.74, 6) is -1.12. The van der Waals surface area contributed by atoms with E-state index in [0.717, 1.165) is 5.57 Å². The van der Waals surface area contributed by atoms with Gasteiger partial charge in [0.05, 0.1) is 6.61 Å². The average Bonchev–Trinajstić information content (AvgIpc) is 2.64. The van der Waals surface area contributed by atoms with Gasteiger partial charge < -0.3 is 23.4 Å². The SMILES string of the molecule is C=C(CO[Si](C)(C)C(C)(C)C)C[C@@H]1OC(=O)O[C@H]2[C@@H]1OCO[C@H]2C1CC(=O)NC(=O)C1. The van der Waals surface area contributed by atoms with Gasteiger partial charge in [0.25, 0.3) is 0 Å². The summed E-state index contributed by atoms with van der Waals surface area (Å²) in [6.45, 7) is 15.3. The largest absolute Gasteiger partial charge is 0.509 e. The van der Waals surface area contributed by atoms with Gasteiger partial charge in [-0.05, 0) is 23.7 Å². The average molecular weight is 456 g/mol. The molecule has 3 saturated heterocycles. The van der Waals surface area contributed by atoms with Gasteiger partial charge in [-0.15, -0.1) is 0 Å². The van der Waals surface area contributed by atoms with Crippen molar-refractivity contribution in [1.29, 1.82) is 0 Å². The summed E-state index contributed by atoms with van der Waals surface area (Å²) in [6.07, 6.45) is -2.80. The summed E-state index contributed by atoms with van der Waals surface area (Å²) in [5.41, 5.74) is 0.794. The first kappa shape index (κ1) is 23.9. The van der Waals surface area contributed by atoms with Crippen molar-refractivity contribution in [3.8, 4) is 0 Å². The van der Waals surface area contributed by atoms with E-state index in [9.17, 15) is 14.4 Å². The molecule has 3 rings (SSSR count). The van der Waals surface area contributed by atoms with Crippen LogP contribution in [0.4, 0.5) is 4.79 Å². The van der Waals surface area contributed by atoms with Crippen molar-refractivity contribution in [2.45, 2.75) is 82.6 Å². The molecule has 0 unspecified atom stereocenters. The van der Waals surface area contributed by atoms with Crippen molar-refractivity contribution in [1.82, 2.24) is 5.32 Å². The molecule has 4 atom stereocenters. The van der Waals surface area contributed by atoms with Crippen molar-refractivity contribution in [3.05, 3.63) is 12.2 Å². The molecule has 174 valence electrons. The number of imide groups is 1. The van der Waals surface area contributed by atoms with Gasteiger partial charge in [-0.2, -0.15) is 0 Å². The number of hydrogen-bond donors (Lipinski definition) is 1. The first-order valence-corrected chi connectivity index (χ1v) is 13.5. The van der Waals surface area contributed by atoms with Gasteiger partial charge in [0, 0.05) is 25.2 Å².